The minimum Gasteiger partial charge on any atom is -0.755 e. The van der Waals surface area contributed by atoms with E-state index in [9.17, 15) is 28.9 Å². The lowest BCUT2D eigenvalue weighted by molar-refractivity contribution is -0.385. The number of amides is 1. The molecule has 1 fully saturated rings. The van der Waals surface area contributed by atoms with Gasteiger partial charge in [0.05, 0.1) is 22.7 Å². The Morgan fingerprint density at radius 1 is 1.23 bits per heavy atom. The van der Waals surface area contributed by atoms with Crippen LogP contribution in [0.3, 0.4) is 0 Å². The molecule has 0 saturated heterocycles. The third-order valence-corrected chi connectivity index (χ3v) is 7.51. The fourth-order valence-corrected chi connectivity index (χ4v) is 5.25. The minimum absolute atomic E-state index is 0.0911. The number of anilines is 1. The lowest BCUT2D eigenvalue weighted by Gasteiger charge is -2.29. The van der Waals surface area contributed by atoms with Gasteiger partial charge in [0.25, 0.3) is 11.6 Å². The van der Waals surface area contributed by atoms with E-state index in [4.69, 9.17) is 16.0 Å². The van der Waals surface area contributed by atoms with Crippen LogP contribution < -0.4 is 9.62 Å². The van der Waals surface area contributed by atoms with Gasteiger partial charge in [-0.2, -0.15) is 5.26 Å². The Hall–Kier alpha value is -4.24. The summed E-state index contributed by atoms with van der Waals surface area (Å²) in [5.74, 6) is 0.0597. The quantitative estimate of drug-likeness (QED) is 0.167. The third kappa shape index (κ3) is 5.09. The van der Waals surface area contributed by atoms with Crippen molar-refractivity contribution in [3.05, 3.63) is 92.0 Å². The molecule has 1 aromatic heterocycles. The van der Waals surface area contributed by atoms with E-state index in [1.165, 1.54) is 25.2 Å². The molecule has 12 heteroatoms. The van der Waals surface area contributed by atoms with Crippen molar-refractivity contribution in [1.82, 2.24) is 5.32 Å². The molecule has 4 aromatic rings. The Balaban J connectivity index is 1.66. The predicted octanol–water partition coefficient (Wildman–Crippen LogP) is 5.57. The van der Waals surface area contributed by atoms with Gasteiger partial charge >= 0.3 is 0 Å². The SMILES string of the molecule is CNC(=O)c1c(-c2ccc(Cl)cc2)oc2cc(N(Cc3ccc([N+](=O)[O-])c(C#N)c3)S(=O)[O-])c(C3CC3)cc12. The van der Waals surface area contributed by atoms with Gasteiger partial charge in [-0.25, -0.2) is 0 Å². The molecule has 1 saturated carbocycles. The number of nitrogens with one attached hydrogen (secondary N) is 1. The standard InChI is InChI=1S/C27H21ClN4O6S/c1-30-27(33)25-21-11-20(16-3-4-16)23(12-24(21)38-26(25)17-5-7-19(28)8-6-17)31(39(36)37)14-15-2-9-22(32(34)35)18(10-15)13-29/h2,5-12,16H,3-4,14H2,1H3,(H,30,33)(H,36,37)/p-1. The number of carbonyl (C=O) groups excluding carboxylic acids is 1. The summed E-state index contributed by atoms with van der Waals surface area (Å²) >= 11 is 3.30. The number of hydrogen-bond acceptors (Lipinski definition) is 7. The van der Waals surface area contributed by atoms with Crippen LogP contribution in [0.2, 0.25) is 5.02 Å². The number of nitro benzene ring substituents is 1. The molecule has 1 aliphatic carbocycles. The van der Waals surface area contributed by atoms with Crippen molar-refractivity contribution in [3.8, 4) is 17.4 Å². The van der Waals surface area contributed by atoms with Crippen LogP contribution in [0, 0.1) is 21.4 Å². The monoisotopic (exact) mass is 563 g/mol. The molecular formula is C27H20ClN4O6S-. The Morgan fingerprint density at radius 3 is 2.54 bits per heavy atom. The first-order chi connectivity index (χ1) is 18.7. The van der Waals surface area contributed by atoms with Gasteiger partial charge in [-0.3, -0.25) is 23.4 Å². The van der Waals surface area contributed by atoms with Gasteiger partial charge < -0.3 is 14.3 Å². The van der Waals surface area contributed by atoms with Crippen LogP contribution in [0.1, 0.15) is 45.8 Å². The average Bonchev–Trinajstić information content (AvgIpc) is 3.71. The van der Waals surface area contributed by atoms with Crippen LogP contribution in [0.4, 0.5) is 11.4 Å². The molecule has 1 atom stereocenters. The van der Waals surface area contributed by atoms with Crippen LogP contribution in [0.25, 0.3) is 22.3 Å². The summed E-state index contributed by atoms with van der Waals surface area (Å²) in [6.07, 6.45) is 1.70. The van der Waals surface area contributed by atoms with E-state index in [2.05, 4.69) is 5.32 Å². The molecule has 1 heterocycles. The van der Waals surface area contributed by atoms with Gasteiger partial charge in [0.1, 0.15) is 23.0 Å². The van der Waals surface area contributed by atoms with Crippen molar-refractivity contribution in [2.75, 3.05) is 11.4 Å². The highest BCUT2D eigenvalue weighted by molar-refractivity contribution is 7.80. The molecule has 39 heavy (non-hydrogen) atoms. The number of nitriles is 1. The smallest absolute Gasteiger partial charge is 0.287 e. The number of benzene rings is 3. The highest BCUT2D eigenvalue weighted by Gasteiger charge is 2.31. The second-order valence-electron chi connectivity index (χ2n) is 9.05. The minimum atomic E-state index is -2.74. The van der Waals surface area contributed by atoms with E-state index >= 15 is 0 Å². The van der Waals surface area contributed by atoms with Crippen LogP contribution in [-0.2, 0) is 17.8 Å². The second kappa shape index (κ2) is 10.5. The fraction of sp³-hybridized carbons (Fsp3) is 0.185. The maximum atomic E-state index is 13.0. The number of rotatable bonds is 8. The van der Waals surface area contributed by atoms with Crippen LogP contribution in [-0.4, -0.2) is 26.6 Å². The number of halogens is 1. The van der Waals surface area contributed by atoms with Crippen molar-refractivity contribution >= 4 is 51.1 Å². The van der Waals surface area contributed by atoms with Crippen molar-refractivity contribution in [2.24, 2.45) is 0 Å². The molecule has 0 radical (unpaired) electrons. The number of hydrogen-bond donors (Lipinski definition) is 1. The van der Waals surface area contributed by atoms with E-state index in [1.54, 1.807) is 42.5 Å². The normalized spacial score (nSPS) is 13.6. The summed E-state index contributed by atoms with van der Waals surface area (Å²) in [6, 6.07) is 15.9. The van der Waals surface area contributed by atoms with Gasteiger partial charge in [-0.1, -0.05) is 17.7 Å². The van der Waals surface area contributed by atoms with Crippen LogP contribution in [0.5, 0.6) is 0 Å². The van der Waals surface area contributed by atoms with Crippen LogP contribution >= 0.6 is 11.6 Å². The molecule has 1 amide bonds. The molecule has 1 unspecified atom stereocenters. The number of fused-ring (bicyclic) bond motifs is 1. The molecule has 0 bridgehead atoms. The Labute approximate surface area is 230 Å². The number of carbonyl (C=O) groups is 1. The van der Waals surface area contributed by atoms with E-state index in [0.29, 0.717) is 44.1 Å². The van der Waals surface area contributed by atoms with Gasteiger partial charge in [0.15, 0.2) is 0 Å². The van der Waals surface area contributed by atoms with E-state index in [0.717, 1.165) is 22.7 Å². The van der Waals surface area contributed by atoms with Crippen molar-refractivity contribution in [2.45, 2.75) is 25.3 Å². The summed E-state index contributed by atoms with van der Waals surface area (Å²) in [4.78, 5) is 23.5. The third-order valence-electron chi connectivity index (χ3n) is 6.57. The maximum Gasteiger partial charge on any atom is 0.287 e. The van der Waals surface area contributed by atoms with Gasteiger partial charge in [0.2, 0.25) is 0 Å². The molecule has 5 rings (SSSR count). The number of nitro groups is 1. The van der Waals surface area contributed by atoms with E-state index in [-0.39, 0.29) is 29.6 Å². The molecule has 3 aromatic carbocycles. The van der Waals surface area contributed by atoms with Gasteiger partial charge in [-0.15, -0.1) is 0 Å². The molecule has 0 spiro atoms. The largest absolute Gasteiger partial charge is 0.755 e. The molecule has 1 N–H and O–H groups in total. The predicted molar refractivity (Wildman–Crippen MR) is 145 cm³/mol. The van der Waals surface area contributed by atoms with Gasteiger partial charge in [0, 0.05) is 46.4 Å². The first kappa shape index (κ1) is 26.4. The zero-order chi connectivity index (χ0) is 27.8. The number of furan rings is 1. The zero-order valence-corrected chi connectivity index (χ0v) is 22.0. The molecule has 10 nitrogen and oxygen atoms in total. The van der Waals surface area contributed by atoms with Crippen molar-refractivity contribution in [1.29, 1.82) is 5.26 Å². The summed E-state index contributed by atoms with van der Waals surface area (Å²) in [7, 11) is 1.52. The highest BCUT2D eigenvalue weighted by Crippen LogP contribution is 2.48. The Bertz CT molecular complexity index is 1690. The first-order valence-electron chi connectivity index (χ1n) is 11.8. The summed E-state index contributed by atoms with van der Waals surface area (Å²) in [6.45, 7) is -0.166. The van der Waals surface area contributed by atoms with E-state index < -0.39 is 16.2 Å². The van der Waals surface area contributed by atoms with Gasteiger partial charge in [-0.05, 0) is 66.3 Å². The summed E-state index contributed by atoms with van der Waals surface area (Å²) in [5.41, 5.74) is 2.25. The van der Waals surface area contributed by atoms with Crippen LogP contribution in [0.15, 0.2) is 59.0 Å². The fourth-order valence-electron chi connectivity index (χ4n) is 4.56. The lowest BCUT2D eigenvalue weighted by Crippen LogP contribution is -2.26. The highest BCUT2D eigenvalue weighted by atomic mass is 35.5. The second-order valence-corrected chi connectivity index (χ2v) is 10.4. The molecule has 1 aliphatic rings. The number of nitrogens with zero attached hydrogens (tertiary/aromatic N) is 3. The van der Waals surface area contributed by atoms with Crippen molar-refractivity contribution < 1.29 is 22.9 Å². The van der Waals surface area contributed by atoms with E-state index in [1.807, 2.05) is 0 Å². The Kier molecular flexibility index (Phi) is 7.10. The topological polar surface area (TPSA) is 153 Å². The summed E-state index contributed by atoms with van der Waals surface area (Å²) in [5, 5.41) is 24.3. The average molecular weight is 564 g/mol. The molecule has 0 aliphatic heterocycles. The molecular weight excluding hydrogens is 544 g/mol. The first-order valence-corrected chi connectivity index (χ1v) is 13.3. The maximum absolute atomic E-state index is 13.0. The molecule has 198 valence electrons. The zero-order valence-electron chi connectivity index (χ0n) is 20.5. The Morgan fingerprint density at radius 2 is 1.95 bits per heavy atom. The lowest BCUT2D eigenvalue weighted by atomic mass is 10.00. The van der Waals surface area contributed by atoms with Crippen molar-refractivity contribution in [3.63, 3.8) is 0 Å². The summed E-state index contributed by atoms with van der Waals surface area (Å²) < 4.78 is 32.3.